The molecule has 0 fully saturated rings. The van der Waals surface area contributed by atoms with Crippen LogP contribution < -0.4 is 5.32 Å². The third kappa shape index (κ3) is 4.20. The van der Waals surface area contributed by atoms with Gasteiger partial charge in [0.15, 0.2) is 0 Å². The Kier molecular flexibility index (Phi) is 5.92. The number of hydrogen-bond acceptors (Lipinski definition) is 4. The summed E-state index contributed by atoms with van der Waals surface area (Å²) in [6, 6.07) is 13.7. The van der Waals surface area contributed by atoms with E-state index in [1.54, 1.807) is 18.3 Å². The first-order valence-electron chi connectivity index (χ1n) is 9.12. The van der Waals surface area contributed by atoms with E-state index in [1.165, 1.54) is 10.4 Å². The zero-order valence-corrected chi connectivity index (χ0v) is 17.5. The predicted octanol–water partition coefficient (Wildman–Crippen LogP) is 4.99. The van der Waals surface area contributed by atoms with Gasteiger partial charge in [-0.15, -0.1) is 11.3 Å². The summed E-state index contributed by atoms with van der Waals surface area (Å²) in [5.74, 6) is -0.158. The highest BCUT2D eigenvalue weighted by Gasteiger charge is 2.26. The summed E-state index contributed by atoms with van der Waals surface area (Å²) in [6.45, 7) is 2.35. The van der Waals surface area contributed by atoms with Crippen LogP contribution in [0.3, 0.4) is 0 Å². The molecule has 1 aliphatic heterocycles. The summed E-state index contributed by atoms with van der Waals surface area (Å²) < 4.78 is 0.448. The van der Waals surface area contributed by atoms with Gasteiger partial charge in [-0.2, -0.15) is 0 Å². The molecule has 28 heavy (non-hydrogen) atoms. The van der Waals surface area contributed by atoms with Crippen molar-refractivity contribution >= 4 is 41.1 Å². The van der Waals surface area contributed by atoms with E-state index in [-0.39, 0.29) is 11.9 Å². The highest BCUT2D eigenvalue weighted by Crippen LogP contribution is 2.30. The van der Waals surface area contributed by atoms with Crippen molar-refractivity contribution in [1.29, 1.82) is 0 Å². The van der Waals surface area contributed by atoms with Crippen LogP contribution >= 0.6 is 35.2 Å². The van der Waals surface area contributed by atoms with Gasteiger partial charge < -0.3 is 10.3 Å². The van der Waals surface area contributed by atoms with Gasteiger partial charge in [-0.3, -0.25) is 9.69 Å². The fraction of sp³-hybridized carbons (Fsp3) is 0.238. The Bertz CT molecular complexity index is 1030. The lowest BCUT2D eigenvalue weighted by atomic mass is 10.0. The van der Waals surface area contributed by atoms with Gasteiger partial charge in [-0.05, 0) is 53.3 Å². The number of hydrogen-bond donors (Lipinski definition) is 2. The highest BCUT2D eigenvalue weighted by molar-refractivity contribution is 7.71. The fourth-order valence-electron chi connectivity index (χ4n) is 3.56. The van der Waals surface area contributed by atoms with Gasteiger partial charge in [0.2, 0.25) is 0 Å². The maximum Gasteiger partial charge on any atom is 0.254 e. The first-order chi connectivity index (χ1) is 13.6. The van der Waals surface area contributed by atoms with Crippen LogP contribution in [0.2, 0.25) is 5.02 Å². The molecule has 1 aliphatic rings. The number of halogens is 1. The number of rotatable bonds is 5. The van der Waals surface area contributed by atoms with Gasteiger partial charge in [0, 0.05) is 35.7 Å². The van der Waals surface area contributed by atoms with Gasteiger partial charge in [0.05, 0.1) is 11.6 Å². The van der Waals surface area contributed by atoms with Gasteiger partial charge in [-0.1, -0.05) is 36.0 Å². The van der Waals surface area contributed by atoms with Gasteiger partial charge in [0.1, 0.15) is 4.64 Å². The number of benzene rings is 1. The van der Waals surface area contributed by atoms with Crippen molar-refractivity contribution in [3.63, 3.8) is 0 Å². The van der Waals surface area contributed by atoms with Gasteiger partial charge in [0.25, 0.3) is 5.91 Å². The van der Waals surface area contributed by atoms with Crippen LogP contribution in [0.5, 0.6) is 0 Å². The number of H-pyrrole nitrogens is 1. The molecule has 144 valence electrons. The van der Waals surface area contributed by atoms with Crippen LogP contribution in [-0.2, 0) is 13.0 Å². The second kappa shape index (κ2) is 8.57. The Morgan fingerprint density at radius 2 is 2.11 bits per heavy atom. The molecule has 2 aromatic heterocycles. The zero-order chi connectivity index (χ0) is 19.5. The summed E-state index contributed by atoms with van der Waals surface area (Å²) >= 11 is 13.1. The predicted molar refractivity (Wildman–Crippen MR) is 117 cm³/mol. The molecule has 7 heteroatoms. The maximum absolute atomic E-state index is 12.7. The average Bonchev–Trinajstić information content (AvgIpc) is 3.17. The second-order valence-corrected chi connectivity index (χ2v) is 8.63. The van der Waals surface area contributed by atoms with Crippen molar-refractivity contribution in [2.75, 3.05) is 13.1 Å². The van der Waals surface area contributed by atoms with E-state index in [2.05, 4.69) is 26.6 Å². The molecule has 0 spiro atoms. The Balaban J connectivity index is 1.55. The molecule has 0 saturated heterocycles. The largest absolute Gasteiger partial charge is 0.352 e. The number of amides is 1. The molecule has 0 bridgehead atoms. The number of carbonyl (C=O) groups excluding carboxylic acids is 1. The smallest absolute Gasteiger partial charge is 0.254 e. The molecule has 4 nitrogen and oxygen atoms in total. The summed E-state index contributed by atoms with van der Waals surface area (Å²) in [5, 5.41) is 5.94. The SMILES string of the molecule is O=C(NC[C@H](c1ccc(Cl)cc1)N1CCc2sccc2C1)c1ccc[nH]c1=S. The quantitative estimate of drug-likeness (QED) is 0.562. The van der Waals surface area contributed by atoms with Crippen molar-refractivity contribution in [1.82, 2.24) is 15.2 Å². The van der Waals surface area contributed by atoms with Crippen LogP contribution in [-0.4, -0.2) is 28.9 Å². The molecule has 0 aliphatic carbocycles. The molecule has 1 atom stereocenters. The number of pyridine rings is 1. The molecule has 0 unspecified atom stereocenters. The molecule has 4 rings (SSSR count). The monoisotopic (exact) mass is 429 g/mol. The normalized spacial score (nSPS) is 15.0. The average molecular weight is 430 g/mol. The van der Waals surface area contributed by atoms with Crippen LogP contribution in [0.4, 0.5) is 0 Å². The van der Waals surface area contributed by atoms with Crippen molar-refractivity contribution in [3.8, 4) is 0 Å². The Hall–Kier alpha value is -1.99. The van der Waals surface area contributed by atoms with Crippen molar-refractivity contribution in [2.24, 2.45) is 0 Å². The number of fused-ring (bicyclic) bond motifs is 1. The lowest BCUT2D eigenvalue weighted by Crippen LogP contribution is -2.40. The standard InChI is InChI=1S/C21H20ClN3OS2/c22-16-5-3-14(4-6-16)18(25-10-7-19-15(13-25)8-11-28-19)12-24-20(26)17-2-1-9-23-21(17)27/h1-6,8-9,11,18H,7,10,12-13H2,(H,23,27)(H,24,26)/t18-/m1/s1. The van der Waals surface area contributed by atoms with Crippen molar-refractivity contribution < 1.29 is 4.79 Å². The molecule has 0 saturated carbocycles. The Labute approximate surface area is 178 Å². The number of nitrogens with one attached hydrogen (secondary N) is 2. The van der Waals surface area contributed by atoms with E-state index < -0.39 is 0 Å². The first kappa shape index (κ1) is 19.3. The number of aromatic nitrogens is 1. The van der Waals surface area contributed by atoms with Crippen molar-refractivity contribution in [3.05, 3.63) is 85.3 Å². The lowest BCUT2D eigenvalue weighted by molar-refractivity contribution is 0.0927. The van der Waals surface area contributed by atoms with E-state index in [0.29, 0.717) is 21.8 Å². The first-order valence-corrected chi connectivity index (χ1v) is 10.8. The van der Waals surface area contributed by atoms with Gasteiger partial charge in [-0.25, -0.2) is 0 Å². The molecule has 1 aromatic carbocycles. The number of aromatic amines is 1. The Morgan fingerprint density at radius 3 is 2.89 bits per heavy atom. The Morgan fingerprint density at radius 1 is 1.29 bits per heavy atom. The third-order valence-electron chi connectivity index (χ3n) is 5.05. The van der Waals surface area contributed by atoms with E-state index in [1.807, 2.05) is 35.6 Å². The maximum atomic E-state index is 12.7. The van der Waals surface area contributed by atoms with Crippen LogP contribution in [0.15, 0.2) is 54.0 Å². The lowest BCUT2D eigenvalue weighted by Gasteiger charge is -2.35. The molecule has 3 heterocycles. The van der Waals surface area contributed by atoms with Crippen LogP contribution in [0.25, 0.3) is 0 Å². The van der Waals surface area contributed by atoms with E-state index in [0.717, 1.165) is 25.1 Å². The van der Waals surface area contributed by atoms with Crippen LogP contribution in [0, 0.1) is 4.64 Å². The zero-order valence-electron chi connectivity index (χ0n) is 15.2. The summed E-state index contributed by atoms with van der Waals surface area (Å²) in [5.41, 5.74) is 3.01. The number of nitrogens with zero attached hydrogens (tertiary/aromatic N) is 1. The van der Waals surface area contributed by atoms with E-state index in [4.69, 9.17) is 23.8 Å². The summed E-state index contributed by atoms with van der Waals surface area (Å²) in [7, 11) is 0. The minimum atomic E-state index is -0.158. The molecular formula is C21H20ClN3OS2. The minimum absolute atomic E-state index is 0.0653. The summed E-state index contributed by atoms with van der Waals surface area (Å²) in [6.07, 6.45) is 2.76. The molecule has 1 amide bonds. The molecular weight excluding hydrogens is 410 g/mol. The van der Waals surface area contributed by atoms with Crippen LogP contribution in [0.1, 0.15) is 32.4 Å². The minimum Gasteiger partial charge on any atom is -0.352 e. The number of carbonyl (C=O) groups is 1. The number of thiophene rings is 1. The molecule has 3 aromatic rings. The van der Waals surface area contributed by atoms with E-state index in [9.17, 15) is 4.79 Å². The highest BCUT2D eigenvalue weighted by atomic mass is 35.5. The fourth-order valence-corrected chi connectivity index (χ4v) is 4.81. The second-order valence-electron chi connectivity index (χ2n) is 6.78. The van der Waals surface area contributed by atoms with E-state index >= 15 is 0 Å². The van der Waals surface area contributed by atoms with Gasteiger partial charge >= 0.3 is 0 Å². The third-order valence-corrected chi connectivity index (χ3v) is 6.66. The topological polar surface area (TPSA) is 48.1 Å². The molecule has 2 N–H and O–H groups in total. The summed E-state index contributed by atoms with van der Waals surface area (Å²) in [4.78, 5) is 19.5. The van der Waals surface area contributed by atoms with Crippen molar-refractivity contribution in [2.45, 2.75) is 19.0 Å². The molecule has 0 radical (unpaired) electrons.